The van der Waals surface area contributed by atoms with Gasteiger partial charge in [-0.15, -0.1) is 0 Å². The predicted octanol–water partition coefficient (Wildman–Crippen LogP) is 3.70. The molecule has 0 saturated carbocycles. The lowest BCUT2D eigenvalue weighted by atomic mass is 10.1. The van der Waals surface area contributed by atoms with Crippen molar-refractivity contribution in [3.63, 3.8) is 0 Å². The molecule has 1 N–H and O–H groups in total. The van der Waals surface area contributed by atoms with Crippen molar-refractivity contribution in [3.05, 3.63) is 58.4 Å². The van der Waals surface area contributed by atoms with E-state index in [-0.39, 0.29) is 11.9 Å². The minimum Gasteiger partial charge on any atom is -0.368 e. The van der Waals surface area contributed by atoms with E-state index in [1.54, 1.807) is 18.3 Å². The third kappa shape index (κ3) is 4.02. The fourth-order valence-electron chi connectivity index (χ4n) is 1.99. The van der Waals surface area contributed by atoms with Gasteiger partial charge in [0.1, 0.15) is 11.6 Å². The second-order valence-corrected chi connectivity index (χ2v) is 5.69. The molecule has 1 atom stereocenters. The van der Waals surface area contributed by atoms with Crippen molar-refractivity contribution in [1.82, 2.24) is 9.88 Å². The predicted molar refractivity (Wildman–Crippen MR) is 83.3 cm³/mol. The molecule has 1 aromatic heterocycles. The van der Waals surface area contributed by atoms with Crippen molar-refractivity contribution >= 4 is 21.7 Å². The number of nitrogens with zero attached hydrogens (tertiary/aromatic N) is 2. The Kier molecular flexibility index (Phi) is 5.09. The quantitative estimate of drug-likeness (QED) is 0.901. The molecule has 0 fully saturated rings. The van der Waals surface area contributed by atoms with Gasteiger partial charge in [0.05, 0.1) is 6.04 Å². The summed E-state index contributed by atoms with van der Waals surface area (Å²) in [6.45, 7) is 0.658. The molecule has 1 aromatic carbocycles. The molecule has 0 aliphatic rings. The van der Waals surface area contributed by atoms with Gasteiger partial charge in [-0.3, -0.25) is 0 Å². The van der Waals surface area contributed by atoms with Gasteiger partial charge in [-0.2, -0.15) is 0 Å². The Morgan fingerprint density at radius 1 is 1.30 bits per heavy atom. The summed E-state index contributed by atoms with van der Waals surface area (Å²) in [4.78, 5) is 6.33. The number of likely N-dealkylation sites (N-methyl/N-ethyl adjacent to an activating group) is 1. The zero-order chi connectivity index (χ0) is 14.5. The molecular weight excluding hydrogens is 321 g/mol. The first-order valence-corrected chi connectivity index (χ1v) is 7.13. The lowest BCUT2D eigenvalue weighted by Crippen LogP contribution is -2.27. The zero-order valence-electron chi connectivity index (χ0n) is 11.5. The summed E-state index contributed by atoms with van der Waals surface area (Å²) in [5.74, 6) is 0.590. The van der Waals surface area contributed by atoms with E-state index in [1.165, 1.54) is 6.07 Å². The number of pyridine rings is 1. The Labute approximate surface area is 127 Å². The van der Waals surface area contributed by atoms with Gasteiger partial charge in [-0.25, -0.2) is 9.37 Å². The normalized spacial score (nSPS) is 12.4. The van der Waals surface area contributed by atoms with Gasteiger partial charge in [0.25, 0.3) is 0 Å². The van der Waals surface area contributed by atoms with Crippen LogP contribution in [-0.2, 0) is 0 Å². The van der Waals surface area contributed by atoms with Crippen molar-refractivity contribution < 1.29 is 4.39 Å². The first-order valence-electron chi connectivity index (χ1n) is 6.33. The number of hydrogen-bond donors (Lipinski definition) is 1. The van der Waals surface area contributed by atoms with E-state index in [9.17, 15) is 4.39 Å². The van der Waals surface area contributed by atoms with Crippen molar-refractivity contribution in [2.45, 2.75) is 6.04 Å². The molecular formula is C15H17BrFN3. The van der Waals surface area contributed by atoms with Crippen LogP contribution < -0.4 is 5.32 Å². The van der Waals surface area contributed by atoms with Gasteiger partial charge in [0.15, 0.2) is 0 Å². The van der Waals surface area contributed by atoms with Crippen LogP contribution in [0.1, 0.15) is 11.6 Å². The number of halogens is 2. The van der Waals surface area contributed by atoms with E-state index < -0.39 is 0 Å². The van der Waals surface area contributed by atoms with Crippen LogP contribution in [0.4, 0.5) is 10.2 Å². The van der Waals surface area contributed by atoms with Gasteiger partial charge in [-0.05, 0) is 59.9 Å². The second kappa shape index (κ2) is 6.81. The molecule has 0 bridgehead atoms. The molecule has 1 heterocycles. The number of rotatable bonds is 5. The molecule has 0 spiro atoms. The Bertz CT molecular complexity index is 557. The fourth-order valence-corrected chi connectivity index (χ4v) is 2.23. The Hall–Kier alpha value is -1.46. The molecule has 0 saturated heterocycles. The van der Waals surface area contributed by atoms with E-state index >= 15 is 0 Å². The maximum atomic E-state index is 13.3. The third-order valence-electron chi connectivity index (χ3n) is 3.06. The third-order valence-corrected chi connectivity index (χ3v) is 3.53. The van der Waals surface area contributed by atoms with Gasteiger partial charge in [0, 0.05) is 17.2 Å². The standard InChI is InChI=1S/C15H17BrFN3/c1-20(2)14(11-4-3-5-13(17)8-11)10-19-15-7-6-12(16)9-18-15/h3-9,14H,10H2,1-2H3,(H,18,19). The van der Waals surface area contributed by atoms with Crippen molar-refractivity contribution in [1.29, 1.82) is 0 Å². The fraction of sp³-hybridized carbons (Fsp3) is 0.267. The summed E-state index contributed by atoms with van der Waals surface area (Å²) in [7, 11) is 3.96. The monoisotopic (exact) mass is 337 g/mol. The first kappa shape index (κ1) is 14.9. The Balaban J connectivity index is 2.08. The van der Waals surface area contributed by atoms with Crippen LogP contribution >= 0.6 is 15.9 Å². The van der Waals surface area contributed by atoms with E-state index in [0.717, 1.165) is 15.9 Å². The summed E-state index contributed by atoms with van der Waals surface area (Å²) >= 11 is 3.35. The van der Waals surface area contributed by atoms with Gasteiger partial charge < -0.3 is 10.2 Å². The molecule has 5 heteroatoms. The van der Waals surface area contributed by atoms with Crippen molar-refractivity contribution in [2.75, 3.05) is 26.0 Å². The number of hydrogen-bond acceptors (Lipinski definition) is 3. The largest absolute Gasteiger partial charge is 0.368 e. The minimum absolute atomic E-state index is 0.0798. The molecule has 2 rings (SSSR count). The smallest absolute Gasteiger partial charge is 0.126 e. The molecule has 20 heavy (non-hydrogen) atoms. The average molecular weight is 338 g/mol. The highest BCUT2D eigenvalue weighted by Crippen LogP contribution is 2.20. The van der Waals surface area contributed by atoms with Crippen LogP contribution in [0.25, 0.3) is 0 Å². The van der Waals surface area contributed by atoms with Crippen LogP contribution in [0.5, 0.6) is 0 Å². The number of anilines is 1. The molecule has 3 nitrogen and oxygen atoms in total. The summed E-state index contributed by atoms with van der Waals surface area (Å²) in [5, 5.41) is 3.28. The van der Waals surface area contributed by atoms with Crippen LogP contribution in [-0.4, -0.2) is 30.5 Å². The van der Waals surface area contributed by atoms with Crippen molar-refractivity contribution in [3.8, 4) is 0 Å². The summed E-state index contributed by atoms with van der Waals surface area (Å²) in [5.41, 5.74) is 0.944. The highest BCUT2D eigenvalue weighted by atomic mass is 79.9. The summed E-state index contributed by atoms with van der Waals surface area (Å²) < 4.78 is 14.3. The molecule has 2 aromatic rings. The summed E-state index contributed by atoms with van der Waals surface area (Å²) in [6, 6.07) is 10.6. The number of aromatic nitrogens is 1. The first-order chi connectivity index (χ1) is 9.56. The Morgan fingerprint density at radius 2 is 2.10 bits per heavy atom. The molecule has 106 valence electrons. The SMILES string of the molecule is CN(C)C(CNc1ccc(Br)cn1)c1cccc(F)c1. The van der Waals surface area contributed by atoms with E-state index in [1.807, 2.05) is 32.3 Å². The molecule has 0 radical (unpaired) electrons. The average Bonchev–Trinajstić information content (AvgIpc) is 2.41. The van der Waals surface area contributed by atoms with E-state index in [2.05, 4.69) is 31.1 Å². The minimum atomic E-state index is -0.212. The Morgan fingerprint density at radius 3 is 2.70 bits per heavy atom. The van der Waals surface area contributed by atoms with Crippen LogP contribution in [0.3, 0.4) is 0 Å². The van der Waals surface area contributed by atoms with E-state index in [0.29, 0.717) is 6.54 Å². The van der Waals surface area contributed by atoms with Crippen LogP contribution in [0.2, 0.25) is 0 Å². The molecule has 0 aliphatic heterocycles. The second-order valence-electron chi connectivity index (χ2n) is 4.78. The molecule has 0 aliphatic carbocycles. The molecule has 0 amide bonds. The van der Waals surface area contributed by atoms with Gasteiger partial charge in [-0.1, -0.05) is 12.1 Å². The van der Waals surface area contributed by atoms with Gasteiger partial charge in [0.2, 0.25) is 0 Å². The number of nitrogens with one attached hydrogen (secondary N) is 1. The highest BCUT2D eigenvalue weighted by Gasteiger charge is 2.14. The van der Waals surface area contributed by atoms with Gasteiger partial charge >= 0.3 is 0 Å². The maximum Gasteiger partial charge on any atom is 0.126 e. The summed E-state index contributed by atoms with van der Waals surface area (Å²) in [6.07, 6.45) is 1.75. The van der Waals surface area contributed by atoms with Crippen molar-refractivity contribution in [2.24, 2.45) is 0 Å². The highest BCUT2D eigenvalue weighted by molar-refractivity contribution is 9.10. The zero-order valence-corrected chi connectivity index (χ0v) is 13.1. The maximum absolute atomic E-state index is 13.3. The topological polar surface area (TPSA) is 28.2 Å². The number of benzene rings is 1. The van der Waals surface area contributed by atoms with Crippen LogP contribution in [0, 0.1) is 5.82 Å². The lowest BCUT2D eigenvalue weighted by Gasteiger charge is -2.25. The van der Waals surface area contributed by atoms with Crippen LogP contribution in [0.15, 0.2) is 47.1 Å². The van der Waals surface area contributed by atoms with E-state index in [4.69, 9.17) is 0 Å². The lowest BCUT2D eigenvalue weighted by molar-refractivity contribution is 0.311. The molecule has 1 unspecified atom stereocenters.